The Labute approximate surface area is 225 Å². The van der Waals surface area contributed by atoms with Crippen LogP contribution in [-0.2, 0) is 11.1 Å². The van der Waals surface area contributed by atoms with Crippen LogP contribution in [0.1, 0.15) is 48.3 Å². The number of pyridine rings is 1. The van der Waals surface area contributed by atoms with Gasteiger partial charge in [0, 0.05) is 17.5 Å². The van der Waals surface area contributed by atoms with E-state index in [2.05, 4.69) is 4.98 Å². The molecule has 2 unspecified atom stereocenters. The smallest absolute Gasteiger partial charge is 0.163 e. The van der Waals surface area contributed by atoms with Gasteiger partial charge in [0.1, 0.15) is 24.7 Å². The molecule has 0 aliphatic carbocycles. The molecule has 2 aromatic carbocycles. The molecular weight excluding hydrogens is 518 g/mol. The highest BCUT2D eigenvalue weighted by molar-refractivity contribution is 6.31. The van der Waals surface area contributed by atoms with Gasteiger partial charge in [-0.3, -0.25) is 4.79 Å². The Hall–Kier alpha value is -3.11. The van der Waals surface area contributed by atoms with Gasteiger partial charge in [0.25, 0.3) is 0 Å². The van der Waals surface area contributed by atoms with Gasteiger partial charge in [-0.15, -0.1) is 0 Å². The number of carbonyl (C=O) groups is 1. The number of nitrogens with two attached hydrogens (primary N) is 1. The van der Waals surface area contributed by atoms with Gasteiger partial charge < -0.3 is 25.4 Å². The number of carbonyl (C=O) groups excluding carboxylic acids is 1. The van der Waals surface area contributed by atoms with Crippen molar-refractivity contribution < 1.29 is 33.3 Å². The van der Waals surface area contributed by atoms with Crippen molar-refractivity contribution in [3.8, 4) is 22.8 Å². The molecule has 1 heterocycles. The van der Waals surface area contributed by atoms with Crippen LogP contribution in [0, 0.1) is 5.82 Å². The van der Waals surface area contributed by atoms with Crippen molar-refractivity contribution in [2.75, 3.05) is 27.0 Å². The van der Waals surface area contributed by atoms with Gasteiger partial charge in [-0.05, 0) is 74.4 Å². The Morgan fingerprint density at radius 2 is 1.87 bits per heavy atom. The van der Waals surface area contributed by atoms with Crippen LogP contribution in [0.25, 0.3) is 11.3 Å². The predicted molar refractivity (Wildman–Crippen MR) is 141 cm³/mol. The van der Waals surface area contributed by atoms with Crippen molar-refractivity contribution in [2.24, 2.45) is 5.73 Å². The first-order valence-electron chi connectivity index (χ1n) is 11.9. The highest BCUT2D eigenvalue weighted by Crippen LogP contribution is 2.34. The van der Waals surface area contributed by atoms with Crippen molar-refractivity contribution in [3.63, 3.8) is 0 Å². The average molecular weight is 549 g/mol. The van der Waals surface area contributed by atoms with E-state index in [1.807, 2.05) is 0 Å². The van der Waals surface area contributed by atoms with Crippen molar-refractivity contribution in [1.82, 2.24) is 4.98 Å². The molecule has 0 saturated heterocycles. The molecule has 0 bridgehead atoms. The highest BCUT2D eigenvalue weighted by Gasteiger charge is 2.30. The van der Waals surface area contributed by atoms with E-state index < -0.39 is 23.6 Å². The molecule has 204 valence electrons. The number of alkyl halides is 1. The average Bonchev–Trinajstić information content (AvgIpc) is 2.91. The van der Waals surface area contributed by atoms with Crippen LogP contribution in [0.4, 0.5) is 8.78 Å². The zero-order valence-corrected chi connectivity index (χ0v) is 22.2. The number of ether oxygens (including phenoxy) is 2. The van der Waals surface area contributed by atoms with Gasteiger partial charge in [0.15, 0.2) is 17.3 Å². The molecule has 0 amide bonds. The minimum Gasteiger partial charge on any atom is -0.493 e. The molecule has 0 radical (unpaired) electrons. The summed E-state index contributed by atoms with van der Waals surface area (Å²) in [6.07, 6.45) is -0.0481. The van der Waals surface area contributed by atoms with E-state index in [0.29, 0.717) is 33.9 Å². The standard InChI is InChI=1S/C28H31ClF2N2O5/c1-27(32,16-30)19-14-22(17-4-6-21(31)20(29)12-17)33-26(15-19)28(2,36)9-8-23(35)18-5-7-24(38-11-10-34)25(13-18)37-3/h4-7,12-15,34,36H,8-11,16,32H2,1-3H3. The molecule has 10 heteroatoms. The van der Waals surface area contributed by atoms with Crippen LogP contribution < -0.4 is 15.2 Å². The van der Waals surface area contributed by atoms with E-state index in [0.717, 1.165) is 0 Å². The molecule has 0 spiro atoms. The number of Topliss-reactive ketones (excluding diaryl/α,β-unsaturated/α-hetero) is 1. The van der Waals surface area contributed by atoms with Gasteiger partial charge in [-0.1, -0.05) is 11.6 Å². The lowest BCUT2D eigenvalue weighted by molar-refractivity contribution is 0.0396. The molecule has 1 aromatic heterocycles. The maximum Gasteiger partial charge on any atom is 0.163 e. The molecule has 3 aromatic rings. The maximum atomic E-state index is 13.8. The lowest BCUT2D eigenvalue weighted by atomic mass is 9.87. The van der Waals surface area contributed by atoms with Crippen molar-refractivity contribution in [2.45, 2.75) is 37.8 Å². The summed E-state index contributed by atoms with van der Waals surface area (Å²) < 4.78 is 38.2. The molecule has 0 aliphatic heterocycles. The number of ketones is 1. The van der Waals surface area contributed by atoms with Crippen LogP contribution in [0.5, 0.6) is 11.5 Å². The van der Waals surface area contributed by atoms with Crippen LogP contribution in [0.2, 0.25) is 5.02 Å². The lowest BCUT2D eigenvalue weighted by Crippen LogP contribution is -2.36. The number of hydrogen-bond donors (Lipinski definition) is 3. The summed E-state index contributed by atoms with van der Waals surface area (Å²) in [6.45, 7) is 2.05. The van der Waals surface area contributed by atoms with Crippen LogP contribution in [0.15, 0.2) is 48.5 Å². The minimum absolute atomic E-state index is 0.00606. The second-order valence-corrected chi connectivity index (χ2v) is 9.85. The quantitative estimate of drug-likeness (QED) is 0.275. The van der Waals surface area contributed by atoms with Crippen LogP contribution >= 0.6 is 11.6 Å². The number of aromatic nitrogens is 1. The molecule has 0 aliphatic rings. The summed E-state index contributed by atoms with van der Waals surface area (Å²) in [5.41, 5.74) is 4.86. The maximum absolute atomic E-state index is 13.8. The third-order valence-corrected chi connectivity index (χ3v) is 6.49. The molecule has 3 rings (SSSR count). The molecule has 7 nitrogen and oxygen atoms in total. The topological polar surface area (TPSA) is 115 Å². The Balaban J connectivity index is 1.90. The fourth-order valence-corrected chi connectivity index (χ4v) is 3.94. The fourth-order valence-electron chi connectivity index (χ4n) is 3.76. The third-order valence-electron chi connectivity index (χ3n) is 6.20. The first-order chi connectivity index (χ1) is 17.9. The van der Waals surface area contributed by atoms with E-state index in [9.17, 15) is 18.7 Å². The SMILES string of the molecule is COc1cc(C(=O)CCC(C)(O)c2cc(C(C)(N)CF)cc(-c3ccc(F)c(Cl)c3)n2)ccc1OCCO. The zero-order chi connectivity index (χ0) is 28.1. The number of benzene rings is 2. The molecule has 4 N–H and O–H groups in total. The van der Waals surface area contributed by atoms with Crippen molar-refractivity contribution >= 4 is 17.4 Å². The Bertz CT molecular complexity index is 1300. The summed E-state index contributed by atoms with van der Waals surface area (Å²) in [4.78, 5) is 17.5. The number of aliphatic hydroxyl groups is 2. The van der Waals surface area contributed by atoms with E-state index in [1.165, 1.54) is 51.3 Å². The molecular formula is C28H31ClF2N2O5. The first-order valence-corrected chi connectivity index (χ1v) is 12.3. The molecule has 0 fully saturated rings. The zero-order valence-electron chi connectivity index (χ0n) is 21.4. The molecule has 38 heavy (non-hydrogen) atoms. The first kappa shape index (κ1) is 29.4. The van der Waals surface area contributed by atoms with Gasteiger partial charge in [0.05, 0.1) is 35.7 Å². The van der Waals surface area contributed by atoms with Gasteiger partial charge in [-0.25, -0.2) is 13.8 Å². The third kappa shape index (κ3) is 6.85. The van der Waals surface area contributed by atoms with Crippen LogP contribution in [-0.4, -0.2) is 48.0 Å². The van der Waals surface area contributed by atoms with Crippen LogP contribution in [0.3, 0.4) is 0 Å². The highest BCUT2D eigenvalue weighted by atomic mass is 35.5. The van der Waals surface area contributed by atoms with E-state index >= 15 is 0 Å². The van der Waals surface area contributed by atoms with Gasteiger partial charge in [-0.2, -0.15) is 0 Å². The van der Waals surface area contributed by atoms with Crippen molar-refractivity contribution in [3.05, 3.63) is 76.2 Å². The van der Waals surface area contributed by atoms with E-state index in [1.54, 1.807) is 18.2 Å². The summed E-state index contributed by atoms with van der Waals surface area (Å²) in [7, 11) is 1.44. The Morgan fingerprint density at radius 1 is 1.13 bits per heavy atom. The summed E-state index contributed by atoms with van der Waals surface area (Å²) in [5.74, 6) is -0.139. The second-order valence-electron chi connectivity index (χ2n) is 9.44. The number of methoxy groups -OCH3 is 1. The number of halogens is 3. The largest absolute Gasteiger partial charge is 0.493 e. The summed E-state index contributed by atoms with van der Waals surface area (Å²) in [5, 5.41) is 20.2. The number of rotatable bonds is 12. The number of hydrogen-bond acceptors (Lipinski definition) is 7. The summed E-state index contributed by atoms with van der Waals surface area (Å²) in [6, 6.07) is 11.8. The predicted octanol–water partition coefficient (Wildman–Crippen LogP) is 4.93. The Kier molecular flexibility index (Phi) is 9.43. The molecule has 0 saturated carbocycles. The van der Waals surface area contributed by atoms with Gasteiger partial charge in [0.2, 0.25) is 0 Å². The minimum atomic E-state index is -1.59. The van der Waals surface area contributed by atoms with Gasteiger partial charge >= 0.3 is 0 Å². The normalized spacial score (nSPS) is 14.4. The van der Waals surface area contributed by atoms with E-state index in [4.69, 9.17) is 31.9 Å². The van der Waals surface area contributed by atoms with E-state index in [-0.39, 0.29) is 42.6 Å². The molecule has 2 atom stereocenters. The number of aliphatic hydroxyl groups excluding tert-OH is 1. The van der Waals surface area contributed by atoms with Crippen molar-refractivity contribution in [1.29, 1.82) is 0 Å². The lowest BCUT2D eigenvalue weighted by Gasteiger charge is -2.27. The Morgan fingerprint density at radius 3 is 2.50 bits per heavy atom. The fraction of sp³-hybridized carbons (Fsp3) is 0.357. The second kappa shape index (κ2) is 12.2. The number of nitrogens with zero attached hydrogens (tertiary/aromatic N) is 1. The monoisotopic (exact) mass is 548 g/mol. The summed E-state index contributed by atoms with van der Waals surface area (Å²) >= 11 is 5.95.